The van der Waals surface area contributed by atoms with Crippen LogP contribution in [0.3, 0.4) is 0 Å². The minimum absolute atomic E-state index is 0.0218. The maximum Gasteiger partial charge on any atom is 0.308 e. The van der Waals surface area contributed by atoms with Gasteiger partial charge in [-0.1, -0.05) is 26.0 Å². The smallest absolute Gasteiger partial charge is 0.308 e. The molecule has 0 radical (unpaired) electrons. The van der Waals surface area contributed by atoms with E-state index in [0.717, 1.165) is 23.1 Å². The first-order chi connectivity index (χ1) is 13.0. The van der Waals surface area contributed by atoms with Crippen molar-refractivity contribution in [3.63, 3.8) is 0 Å². The third-order valence-corrected chi connectivity index (χ3v) is 8.09. The zero-order valence-corrected chi connectivity index (χ0v) is 16.9. The zero-order chi connectivity index (χ0) is 20.6. The van der Waals surface area contributed by atoms with Crippen molar-refractivity contribution < 1.29 is 23.5 Å². The van der Waals surface area contributed by atoms with Gasteiger partial charge in [-0.2, -0.15) is 0 Å². The second-order valence-electron chi connectivity index (χ2n) is 9.40. The van der Waals surface area contributed by atoms with Gasteiger partial charge in [0.2, 0.25) is 5.78 Å². The second kappa shape index (κ2) is 5.98. The van der Waals surface area contributed by atoms with Crippen molar-refractivity contribution in [2.24, 2.45) is 28.6 Å². The molecule has 0 aromatic heterocycles. The van der Waals surface area contributed by atoms with Crippen LogP contribution < -0.4 is 0 Å². The number of halogens is 1. The summed E-state index contributed by atoms with van der Waals surface area (Å²) < 4.78 is 19.7. The number of carbonyl (C=O) groups excluding carboxylic acids is 3. The van der Waals surface area contributed by atoms with E-state index in [2.05, 4.69) is 13.5 Å². The van der Waals surface area contributed by atoms with Crippen LogP contribution in [0.4, 0.5) is 4.39 Å². The van der Waals surface area contributed by atoms with Crippen molar-refractivity contribution in [3.8, 4) is 0 Å². The second-order valence-corrected chi connectivity index (χ2v) is 9.40. The number of esters is 1. The number of ketones is 2. The topological polar surface area (TPSA) is 60.4 Å². The Kier molecular flexibility index (Phi) is 4.12. The van der Waals surface area contributed by atoms with Gasteiger partial charge in [0.25, 0.3) is 0 Å². The Morgan fingerprint density at radius 1 is 1.29 bits per heavy atom. The maximum absolute atomic E-state index is 14.4. The number of alkyl halides is 1. The number of hydrogen-bond acceptors (Lipinski definition) is 4. The molecule has 0 spiro atoms. The lowest BCUT2D eigenvalue weighted by molar-refractivity contribution is -0.140. The minimum atomic E-state index is -1.38. The van der Waals surface area contributed by atoms with Gasteiger partial charge in [0.1, 0.15) is 0 Å². The molecule has 5 heteroatoms. The lowest BCUT2D eigenvalue weighted by atomic mass is 9.46. The molecule has 0 aromatic carbocycles. The summed E-state index contributed by atoms with van der Waals surface area (Å²) in [5.41, 5.74) is 1.29. The molecule has 3 saturated carbocycles. The van der Waals surface area contributed by atoms with Crippen LogP contribution in [0, 0.1) is 28.6 Å². The highest BCUT2D eigenvalue weighted by Crippen LogP contribution is 2.66. The maximum atomic E-state index is 14.4. The van der Waals surface area contributed by atoms with Gasteiger partial charge in [-0.15, -0.1) is 0 Å². The predicted molar refractivity (Wildman–Crippen MR) is 102 cm³/mol. The highest BCUT2D eigenvalue weighted by Gasteiger charge is 2.63. The summed E-state index contributed by atoms with van der Waals surface area (Å²) in [6.07, 6.45) is 2.47. The summed E-state index contributed by atoms with van der Waals surface area (Å²) in [6.45, 7) is 11.5. The molecule has 4 nitrogen and oxygen atoms in total. The Morgan fingerprint density at radius 3 is 2.61 bits per heavy atom. The molecule has 0 aliphatic heterocycles. The molecule has 0 heterocycles. The van der Waals surface area contributed by atoms with Crippen molar-refractivity contribution >= 4 is 17.5 Å². The van der Waals surface area contributed by atoms with Crippen molar-refractivity contribution in [1.29, 1.82) is 0 Å². The molecule has 0 bridgehead atoms. The Balaban J connectivity index is 1.84. The van der Waals surface area contributed by atoms with E-state index in [1.54, 1.807) is 6.08 Å². The Morgan fingerprint density at radius 2 is 1.96 bits per heavy atom. The first kappa shape index (κ1) is 19.3. The number of fused-ring (bicyclic) bond motifs is 5. The van der Waals surface area contributed by atoms with Gasteiger partial charge in [-0.05, 0) is 62.0 Å². The van der Waals surface area contributed by atoms with Gasteiger partial charge >= 0.3 is 5.97 Å². The lowest BCUT2D eigenvalue weighted by Gasteiger charge is -2.57. The van der Waals surface area contributed by atoms with E-state index >= 15 is 0 Å². The minimum Gasteiger partial charge on any atom is -0.422 e. The Bertz CT molecular complexity index is 881. The van der Waals surface area contributed by atoms with E-state index in [-0.39, 0.29) is 41.5 Å². The molecule has 0 aromatic rings. The van der Waals surface area contributed by atoms with Crippen LogP contribution in [-0.2, 0) is 19.1 Å². The largest absolute Gasteiger partial charge is 0.422 e. The van der Waals surface area contributed by atoms with Crippen LogP contribution in [0.25, 0.3) is 0 Å². The van der Waals surface area contributed by atoms with E-state index in [9.17, 15) is 18.8 Å². The van der Waals surface area contributed by atoms with E-state index < -0.39 is 23.0 Å². The lowest BCUT2D eigenvalue weighted by Crippen LogP contribution is -2.52. The summed E-state index contributed by atoms with van der Waals surface area (Å²) in [5.74, 6) is -0.743. The number of carbonyl (C=O) groups is 3. The molecular formula is C23H27FO4. The third kappa shape index (κ3) is 2.31. The van der Waals surface area contributed by atoms with E-state index in [1.165, 1.54) is 6.92 Å². The highest BCUT2D eigenvalue weighted by atomic mass is 19.1. The van der Waals surface area contributed by atoms with Crippen molar-refractivity contribution in [2.45, 2.75) is 59.5 Å². The summed E-state index contributed by atoms with van der Waals surface area (Å²) in [6, 6.07) is 0. The monoisotopic (exact) mass is 386 g/mol. The van der Waals surface area contributed by atoms with E-state index in [1.807, 2.05) is 13.8 Å². The number of hydrogen-bond donors (Lipinski definition) is 0. The predicted octanol–water partition coefficient (Wildman–Crippen LogP) is 4.26. The molecule has 0 unspecified atom stereocenters. The SMILES string of the molecule is C=C1C[C@@H]2[C@H](CC[C@]3(C)C(=O)[C@H](F)C[C@@H]23)[C@@]2(C)C(C)=CC(=O)C(OC(C)=O)=C12. The average molecular weight is 386 g/mol. The summed E-state index contributed by atoms with van der Waals surface area (Å²) >= 11 is 0. The van der Waals surface area contributed by atoms with Gasteiger partial charge in [-0.3, -0.25) is 14.4 Å². The molecule has 4 aliphatic rings. The summed E-state index contributed by atoms with van der Waals surface area (Å²) in [7, 11) is 0. The molecule has 0 saturated heterocycles. The van der Waals surface area contributed by atoms with Gasteiger partial charge in [0.05, 0.1) is 0 Å². The van der Waals surface area contributed by atoms with Crippen LogP contribution >= 0.6 is 0 Å². The number of allylic oxidation sites excluding steroid dienone is 4. The Labute approximate surface area is 164 Å². The zero-order valence-electron chi connectivity index (χ0n) is 16.9. The van der Waals surface area contributed by atoms with Crippen LogP contribution in [0.5, 0.6) is 0 Å². The molecule has 3 fully saturated rings. The highest BCUT2D eigenvalue weighted by molar-refractivity contribution is 6.07. The molecule has 0 N–H and O–H groups in total. The number of ether oxygens (including phenoxy) is 1. The summed E-state index contributed by atoms with van der Waals surface area (Å²) in [5, 5.41) is 0. The number of Topliss-reactive ketones (excluding diaryl/α,β-unsaturated/α-hetero) is 1. The van der Waals surface area contributed by atoms with Crippen LogP contribution in [0.15, 0.2) is 35.1 Å². The van der Waals surface area contributed by atoms with Crippen molar-refractivity contribution in [1.82, 2.24) is 0 Å². The first-order valence-electron chi connectivity index (χ1n) is 10.0. The number of rotatable bonds is 1. The van der Waals surface area contributed by atoms with E-state index in [0.29, 0.717) is 12.8 Å². The molecule has 6 atom stereocenters. The van der Waals surface area contributed by atoms with Gasteiger partial charge in [0, 0.05) is 23.3 Å². The fraction of sp³-hybridized carbons (Fsp3) is 0.609. The van der Waals surface area contributed by atoms with Gasteiger partial charge < -0.3 is 4.74 Å². The van der Waals surface area contributed by atoms with Crippen LogP contribution in [0.2, 0.25) is 0 Å². The fourth-order valence-corrected chi connectivity index (χ4v) is 6.64. The first-order valence-corrected chi connectivity index (χ1v) is 10.0. The molecule has 28 heavy (non-hydrogen) atoms. The average Bonchev–Trinajstić information content (AvgIpc) is 2.83. The molecule has 0 amide bonds. The van der Waals surface area contributed by atoms with E-state index in [4.69, 9.17) is 4.74 Å². The summed E-state index contributed by atoms with van der Waals surface area (Å²) in [4.78, 5) is 36.8. The van der Waals surface area contributed by atoms with Crippen LogP contribution in [0.1, 0.15) is 53.4 Å². The molecule has 150 valence electrons. The Hall–Kier alpha value is -2.04. The third-order valence-electron chi connectivity index (χ3n) is 8.09. The molecule has 4 rings (SSSR count). The quantitative estimate of drug-likeness (QED) is 0.632. The standard InChI is InChI=1S/C23H27FO4/c1-11-8-14-15(6-7-22(4)16(14)10-17(24)21(22)27)23(5)12(2)9-18(26)20(19(11)23)28-13(3)25/h9,14-17H,1,6-8,10H2,2-5H3/t14-,15+,16+,17-,22+,23-/m1/s1. The molecule has 4 aliphatic carbocycles. The van der Waals surface area contributed by atoms with Gasteiger partial charge in [-0.25, -0.2) is 4.39 Å². The van der Waals surface area contributed by atoms with Gasteiger partial charge in [0.15, 0.2) is 17.7 Å². The van der Waals surface area contributed by atoms with Crippen LogP contribution in [-0.4, -0.2) is 23.7 Å². The fourth-order valence-electron chi connectivity index (χ4n) is 6.64. The van der Waals surface area contributed by atoms with Crippen molar-refractivity contribution in [2.75, 3.05) is 0 Å². The molecular weight excluding hydrogens is 359 g/mol. The van der Waals surface area contributed by atoms with Crippen molar-refractivity contribution in [3.05, 3.63) is 35.1 Å². The normalized spacial score (nSPS) is 42.6.